The van der Waals surface area contributed by atoms with Gasteiger partial charge in [-0.25, -0.2) is 0 Å². The van der Waals surface area contributed by atoms with Crippen molar-refractivity contribution in [2.75, 3.05) is 5.32 Å². The maximum absolute atomic E-state index is 12.9. The lowest BCUT2D eigenvalue weighted by Gasteiger charge is -2.28. The van der Waals surface area contributed by atoms with E-state index < -0.39 is 0 Å². The van der Waals surface area contributed by atoms with E-state index >= 15 is 0 Å². The lowest BCUT2D eigenvalue weighted by molar-refractivity contribution is -0.130. The van der Waals surface area contributed by atoms with Gasteiger partial charge < -0.3 is 10.1 Å². The van der Waals surface area contributed by atoms with Crippen LogP contribution in [-0.2, 0) is 16.0 Å². The Morgan fingerprint density at radius 1 is 1.25 bits per heavy atom. The second-order valence-electron chi connectivity index (χ2n) is 7.18. The van der Waals surface area contributed by atoms with Crippen LogP contribution in [0.3, 0.4) is 0 Å². The number of carbonyl (C=O) groups is 1. The molecule has 0 bridgehead atoms. The quantitative estimate of drug-likeness (QED) is 0.899. The highest BCUT2D eigenvalue weighted by Gasteiger charge is 2.50. The molecule has 0 amide bonds. The van der Waals surface area contributed by atoms with Crippen molar-refractivity contribution in [2.24, 2.45) is 5.92 Å². The van der Waals surface area contributed by atoms with Crippen LogP contribution in [-0.4, -0.2) is 23.0 Å². The molecule has 0 spiro atoms. The van der Waals surface area contributed by atoms with Crippen molar-refractivity contribution in [1.82, 2.24) is 0 Å². The van der Waals surface area contributed by atoms with Gasteiger partial charge in [-0.15, -0.1) is 0 Å². The third-order valence-electron chi connectivity index (χ3n) is 4.53. The van der Waals surface area contributed by atoms with Gasteiger partial charge >= 0.3 is 0 Å². The van der Waals surface area contributed by atoms with Gasteiger partial charge in [-0.1, -0.05) is 18.2 Å². The zero-order valence-corrected chi connectivity index (χ0v) is 12.7. The second-order valence-corrected chi connectivity index (χ2v) is 7.18. The van der Waals surface area contributed by atoms with Gasteiger partial charge in [0.2, 0.25) is 0 Å². The van der Waals surface area contributed by atoms with E-state index in [1.54, 1.807) is 0 Å². The van der Waals surface area contributed by atoms with Gasteiger partial charge in [0, 0.05) is 12.1 Å². The van der Waals surface area contributed by atoms with Gasteiger partial charge in [0.25, 0.3) is 0 Å². The number of ketones is 1. The summed E-state index contributed by atoms with van der Waals surface area (Å²) in [6.07, 6.45) is 1.59. The molecular formula is C17H23NO2. The summed E-state index contributed by atoms with van der Waals surface area (Å²) in [7, 11) is 0. The Bertz CT molecular complexity index is 523. The fourth-order valence-electron chi connectivity index (χ4n) is 3.72. The van der Waals surface area contributed by atoms with Gasteiger partial charge in [-0.3, -0.25) is 4.79 Å². The Kier molecular flexibility index (Phi) is 2.94. The molecule has 20 heavy (non-hydrogen) atoms. The van der Waals surface area contributed by atoms with Crippen LogP contribution in [0.25, 0.3) is 0 Å². The van der Waals surface area contributed by atoms with Crippen molar-refractivity contribution < 1.29 is 9.53 Å². The maximum atomic E-state index is 12.9. The highest BCUT2D eigenvalue weighted by atomic mass is 16.5. The first-order valence-electron chi connectivity index (χ1n) is 7.37. The van der Waals surface area contributed by atoms with Crippen molar-refractivity contribution >= 4 is 11.5 Å². The molecule has 1 saturated heterocycles. The minimum Gasteiger partial charge on any atom is -0.375 e. The summed E-state index contributed by atoms with van der Waals surface area (Å²) in [6.45, 7) is 8.20. The number of benzene rings is 1. The van der Waals surface area contributed by atoms with Gasteiger partial charge in [0.15, 0.2) is 5.78 Å². The van der Waals surface area contributed by atoms with Crippen LogP contribution < -0.4 is 5.32 Å². The van der Waals surface area contributed by atoms with Crippen LogP contribution in [0.15, 0.2) is 24.3 Å². The largest absolute Gasteiger partial charge is 0.375 e. The molecule has 0 aromatic heterocycles. The zero-order chi connectivity index (χ0) is 14.5. The number of hydrogen-bond donors (Lipinski definition) is 1. The van der Waals surface area contributed by atoms with Gasteiger partial charge in [-0.05, 0) is 45.7 Å². The standard InChI is InChI=1S/C17H23NO2/c1-16(2)10-12(17(3,4)20-16)15(19)14-9-11-7-5-6-8-13(11)18-14/h5-8,12,14,18H,9-10H2,1-4H3. The van der Waals surface area contributed by atoms with Crippen LogP contribution in [0, 0.1) is 5.92 Å². The number of ether oxygens (including phenoxy) is 1. The van der Waals surface area contributed by atoms with Crippen molar-refractivity contribution in [3.8, 4) is 0 Å². The smallest absolute Gasteiger partial charge is 0.161 e. The fourth-order valence-corrected chi connectivity index (χ4v) is 3.72. The molecule has 1 aromatic rings. The van der Waals surface area contributed by atoms with Crippen molar-refractivity contribution in [3.63, 3.8) is 0 Å². The number of Topliss-reactive ketones (excluding diaryl/α,β-unsaturated/α-hetero) is 1. The fraction of sp³-hybridized carbons (Fsp3) is 0.588. The molecule has 0 radical (unpaired) electrons. The minimum atomic E-state index is -0.378. The number of para-hydroxylation sites is 1. The van der Waals surface area contributed by atoms with Crippen LogP contribution in [0.4, 0.5) is 5.69 Å². The topological polar surface area (TPSA) is 38.3 Å². The number of fused-ring (bicyclic) bond motifs is 1. The second kappa shape index (κ2) is 4.32. The molecule has 1 fully saturated rings. The first kappa shape index (κ1) is 13.6. The summed E-state index contributed by atoms with van der Waals surface area (Å²) in [4.78, 5) is 12.9. The van der Waals surface area contributed by atoms with E-state index in [0.29, 0.717) is 0 Å². The van der Waals surface area contributed by atoms with Crippen LogP contribution in [0.1, 0.15) is 39.7 Å². The lowest BCUT2D eigenvalue weighted by Crippen LogP contribution is -2.41. The molecule has 1 N–H and O–H groups in total. The Labute approximate surface area is 120 Å². The summed E-state index contributed by atoms with van der Waals surface area (Å²) in [5.74, 6) is 0.251. The number of nitrogens with one attached hydrogen (secondary N) is 1. The third kappa shape index (κ3) is 2.24. The van der Waals surface area contributed by atoms with E-state index in [-0.39, 0.29) is 28.9 Å². The monoisotopic (exact) mass is 273 g/mol. The predicted octanol–water partition coefficient (Wildman–Crippen LogP) is 3.19. The van der Waals surface area contributed by atoms with E-state index in [1.165, 1.54) is 5.56 Å². The first-order chi connectivity index (χ1) is 9.28. The molecule has 2 heterocycles. The molecule has 2 aliphatic rings. The third-order valence-corrected chi connectivity index (χ3v) is 4.53. The van der Waals surface area contributed by atoms with E-state index in [4.69, 9.17) is 4.74 Å². The molecule has 0 saturated carbocycles. The van der Waals surface area contributed by atoms with Crippen molar-refractivity contribution in [1.29, 1.82) is 0 Å². The Hall–Kier alpha value is -1.35. The maximum Gasteiger partial charge on any atom is 0.161 e. The van der Waals surface area contributed by atoms with Crippen LogP contribution >= 0.6 is 0 Å². The number of hydrogen-bond acceptors (Lipinski definition) is 3. The Morgan fingerprint density at radius 2 is 1.95 bits per heavy atom. The minimum absolute atomic E-state index is 0.0377. The molecule has 2 unspecified atom stereocenters. The molecule has 3 nitrogen and oxygen atoms in total. The van der Waals surface area contributed by atoms with E-state index in [9.17, 15) is 4.79 Å². The molecule has 0 aliphatic carbocycles. The molecule has 1 aromatic carbocycles. The molecule has 108 valence electrons. The Morgan fingerprint density at radius 3 is 2.55 bits per heavy atom. The first-order valence-corrected chi connectivity index (χ1v) is 7.37. The molecule has 2 aliphatic heterocycles. The zero-order valence-electron chi connectivity index (χ0n) is 12.7. The summed E-state index contributed by atoms with van der Waals surface area (Å²) in [6, 6.07) is 8.07. The average Bonchev–Trinajstić information content (AvgIpc) is 2.85. The van der Waals surface area contributed by atoms with Crippen LogP contribution in [0.2, 0.25) is 0 Å². The van der Waals surface area contributed by atoms with Gasteiger partial charge in [0.1, 0.15) is 0 Å². The number of anilines is 1. The molecular weight excluding hydrogens is 250 g/mol. The summed E-state index contributed by atoms with van der Waals surface area (Å²) in [5, 5.41) is 3.37. The molecule has 3 rings (SSSR count). The van der Waals surface area contributed by atoms with E-state index in [2.05, 4.69) is 25.2 Å². The molecule has 3 heteroatoms. The van der Waals surface area contributed by atoms with Crippen LogP contribution in [0.5, 0.6) is 0 Å². The van der Waals surface area contributed by atoms with E-state index in [0.717, 1.165) is 18.5 Å². The van der Waals surface area contributed by atoms with E-state index in [1.807, 2.05) is 32.0 Å². The normalized spacial score (nSPS) is 29.8. The number of carbonyl (C=O) groups excluding carboxylic acids is 1. The highest BCUT2D eigenvalue weighted by Crippen LogP contribution is 2.43. The summed E-state index contributed by atoms with van der Waals surface area (Å²) >= 11 is 0. The predicted molar refractivity (Wildman–Crippen MR) is 79.9 cm³/mol. The highest BCUT2D eigenvalue weighted by molar-refractivity contribution is 5.92. The summed E-state index contributed by atoms with van der Waals surface area (Å²) < 4.78 is 6.06. The summed E-state index contributed by atoms with van der Waals surface area (Å²) in [5.41, 5.74) is 1.75. The Balaban J connectivity index is 1.79. The SMILES string of the molecule is CC1(C)CC(C(=O)C2Cc3ccccc3N2)C(C)(C)O1. The number of rotatable bonds is 2. The average molecular weight is 273 g/mol. The van der Waals surface area contributed by atoms with Crippen molar-refractivity contribution in [3.05, 3.63) is 29.8 Å². The van der Waals surface area contributed by atoms with Crippen molar-refractivity contribution in [2.45, 2.75) is 57.8 Å². The van der Waals surface area contributed by atoms with Gasteiger partial charge in [0.05, 0.1) is 23.2 Å². The van der Waals surface area contributed by atoms with Gasteiger partial charge in [-0.2, -0.15) is 0 Å². The lowest BCUT2D eigenvalue weighted by atomic mass is 9.81. The molecule has 2 atom stereocenters.